The minimum Gasteiger partial charge on any atom is -0.386 e. The minimum atomic E-state index is -1.23. The Morgan fingerprint density at radius 1 is 0.938 bits per heavy atom. The molecule has 0 aliphatic carbocycles. The molecule has 2 atom stereocenters. The predicted octanol–water partition coefficient (Wildman–Crippen LogP) is 4.84. The summed E-state index contributed by atoms with van der Waals surface area (Å²) >= 11 is 0. The fourth-order valence-corrected chi connectivity index (χ4v) is 4.91. The lowest BCUT2D eigenvalue weighted by atomic mass is 9.98. The van der Waals surface area contributed by atoms with E-state index in [9.17, 15) is 18.7 Å². The van der Waals surface area contributed by atoms with Gasteiger partial charge in [-0.1, -0.05) is 30.3 Å². The number of aromatic nitrogens is 1. The van der Waals surface area contributed by atoms with Gasteiger partial charge < -0.3 is 14.6 Å². The van der Waals surface area contributed by atoms with Crippen molar-refractivity contribution in [1.29, 1.82) is 0 Å². The second-order valence-corrected chi connectivity index (χ2v) is 8.92. The number of rotatable bonds is 5. The van der Waals surface area contributed by atoms with Crippen LogP contribution in [0.2, 0.25) is 0 Å². The molecule has 4 nitrogen and oxygen atoms in total. The van der Waals surface area contributed by atoms with Gasteiger partial charge in [-0.05, 0) is 55.3 Å². The first kappa shape index (κ1) is 20.6. The Kier molecular flexibility index (Phi) is 4.97. The highest BCUT2D eigenvalue weighted by Gasteiger charge is 2.37. The zero-order chi connectivity index (χ0) is 22.5. The van der Waals surface area contributed by atoms with E-state index in [0.29, 0.717) is 34.8 Å². The lowest BCUT2D eigenvalue weighted by Gasteiger charge is -2.30. The number of likely N-dealkylation sites (tertiary alicyclic amines) is 1. The van der Waals surface area contributed by atoms with Crippen LogP contribution >= 0.6 is 0 Å². The summed E-state index contributed by atoms with van der Waals surface area (Å²) in [7, 11) is 0. The molecule has 2 heterocycles. The number of carbonyl (C=O) groups is 1. The first-order valence-electron chi connectivity index (χ1n) is 10.8. The smallest absolute Gasteiger partial charge is 0.230 e. The van der Waals surface area contributed by atoms with Crippen molar-refractivity contribution in [3.8, 4) is 0 Å². The summed E-state index contributed by atoms with van der Waals surface area (Å²) in [6, 6.07) is 18.5. The van der Waals surface area contributed by atoms with E-state index in [4.69, 9.17) is 0 Å². The minimum absolute atomic E-state index is 0.0165. The fraction of sp³-hybridized carbons (Fsp3) is 0.269. The maximum Gasteiger partial charge on any atom is 0.230 e. The van der Waals surface area contributed by atoms with Crippen LogP contribution in [0.5, 0.6) is 0 Å². The van der Waals surface area contributed by atoms with Crippen molar-refractivity contribution in [3.63, 3.8) is 0 Å². The zero-order valence-electron chi connectivity index (χ0n) is 17.8. The Balaban J connectivity index is 1.44. The Morgan fingerprint density at radius 2 is 1.53 bits per heavy atom. The molecule has 1 amide bonds. The van der Waals surface area contributed by atoms with Crippen molar-refractivity contribution < 1.29 is 18.7 Å². The third-order valence-corrected chi connectivity index (χ3v) is 6.32. The number of hydrogen-bond acceptors (Lipinski definition) is 2. The number of benzene rings is 3. The number of aliphatic hydroxyl groups is 1. The summed E-state index contributed by atoms with van der Waals surface area (Å²) in [4.78, 5) is 14.7. The summed E-state index contributed by atoms with van der Waals surface area (Å²) in [5.74, 6) is -0.974. The van der Waals surface area contributed by atoms with Gasteiger partial charge in [0.1, 0.15) is 11.6 Å². The highest BCUT2D eigenvalue weighted by Crippen LogP contribution is 2.33. The average Bonchev–Trinajstić information content (AvgIpc) is 3.25. The van der Waals surface area contributed by atoms with Crippen molar-refractivity contribution in [2.24, 2.45) is 0 Å². The fourth-order valence-electron chi connectivity index (χ4n) is 4.91. The van der Waals surface area contributed by atoms with E-state index in [1.54, 1.807) is 24.0 Å². The third-order valence-electron chi connectivity index (χ3n) is 6.32. The standard InChI is InChI=1S/C26H24F2N2O2/c1-26(32,15-29-12-11-20(25(29)31)17-5-3-2-4-6-17)16-30-23-9-7-18(27)13-21(23)22-14-19(28)8-10-24(22)30/h2-10,13-14,20,32H,11-12,15-16H2,1H3. The summed E-state index contributed by atoms with van der Waals surface area (Å²) < 4.78 is 29.7. The van der Waals surface area contributed by atoms with Gasteiger partial charge in [0.15, 0.2) is 0 Å². The Hall–Kier alpha value is -3.25. The molecule has 1 N–H and O–H groups in total. The van der Waals surface area contributed by atoms with Gasteiger partial charge in [-0.2, -0.15) is 0 Å². The van der Waals surface area contributed by atoms with Crippen LogP contribution in [0, 0.1) is 11.6 Å². The third kappa shape index (κ3) is 3.65. The number of fused-ring (bicyclic) bond motifs is 3. The first-order valence-corrected chi connectivity index (χ1v) is 10.8. The Morgan fingerprint density at radius 3 is 2.12 bits per heavy atom. The summed E-state index contributed by atoms with van der Waals surface area (Å²) in [5.41, 5.74) is 1.18. The molecule has 0 bridgehead atoms. The van der Waals surface area contributed by atoms with Gasteiger partial charge in [0.25, 0.3) is 0 Å². The molecule has 0 radical (unpaired) electrons. The van der Waals surface area contributed by atoms with E-state index in [2.05, 4.69) is 0 Å². The maximum absolute atomic E-state index is 13.9. The second-order valence-electron chi connectivity index (χ2n) is 8.92. The molecule has 1 aliphatic heterocycles. The van der Waals surface area contributed by atoms with Gasteiger partial charge in [0.2, 0.25) is 5.91 Å². The maximum atomic E-state index is 13.9. The molecule has 0 saturated carbocycles. The molecule has 1 aromatic heterocycles. The van der Waals surface area contributed by atoms with E-state index in [1.165, 1.54) is 24.3 Å². The normalized spacial score (nSPS) is 18.6. The van der Waals surface area contributed by atoms with E-state index in [-0.39, 0.29) is 24.9 Å². The van der Waals surface area contributed by atoms with E-state index < -0.39 is 17.2 Å². The van der Waals surface area contributed by atoms with Crippen molar-refractivity contribution in [3.05, 3.63) is 83.9 Å². The largest absolute Gasteiger partial charge is 0.386 e. The average molecular weight is 434 g/mol. The zero-order valence-corrected chi connectivity index (χ0v) is 17.8. The number of hydrogen-bond donors (Lipinski definition) is 1. The molecule has 2 unspecified atom stereocenters. The second kappa shape index (κ2) is 7.71. The number of amides is 1. The predicted molar refractivity (Wildman–Crippen MR) is 120 cm³/mol. The summed E-state index contributed by atoms with van der Waals surface area (Å²) in [5, 5.41) is 12.5. The summed E-state index contributed by atoms with van der Waals surface area (Å²) in [6.45, 7) is 2.64. The van der Waals surface area contributed by atoms with Crippen molar-refractivity contribution in [2.45, 2.75) is 31.4 Å². The van der Waals surface area contributed by atoms with Gasteiger partial charge in [0.05, 0.1) is 24.6 Å². The van der Waals surface area contributed by atoms with Crippen molar-refractivity contribution in [2.75, 3.05) is 13.1 Å². The van der Waals surface area contributed by atoms with Crippen molar-refractivity contribution >= 4 is 27.7 Å². The van der Waals surface area contributed by atoms with Crippen LogP contribution in [-0.4, -0.2) is 39.2 Å². The van der Waals surface area contributed by atoms with Crippen LogP contribution in [0.3, 0.4) is 0 Å². The SMILES string of the molecule is CC(O)(CN1CCC(c2ccccc2)C1=O)Cn1c2ccc(F)cc2c2cc(F)ccc21. The van der Waals surface area contributed by atoms with Crippen LogP contribution in [0.4, 0.5) is 8.78 Å². The molecule has 3 aromatic carbocycles. The Bertz CT molecular complexity index is 1250. The molecule has 5 rings (SSSR count). The number of carbonyl (C=O) groups excluding carboxylic acids is 1. The molecule has 164 valence electrons. The lowest BCUT2D eigenvalue weighted by molar-refractivity contribution is -0.132. The van der Waals surface area contributed by atoms with Crippen LogP contribution < -0.4 is 0 Å². The molecule has 1 saturated heterocycles. The van der Waals surface area contributed by atoms with E-state index in [0.717, 1.165) is 5.56 Å². The number of nitrogens with zero attached hydrogens (tertiary/aromatic N) is 2. The number of halogens is 2. The molecular weight excluding hydrogens is 410 g/mol. The van der Waals surface area contributed by atoms with Crippen LogP contribution in [0.1, 0.15) is 24.8 Å². The molecule has 1 fully saturated rings. The highest BCUT2D eigenvalue weighted by atomic mass is 19.1. The molecule has 1 aliphatic rings. The van der Waals surface area contributed by atoms with Gasteiger partial charge in [-0.15, -0.1) is 0 Å². The van der Waals surface area contributed by atoms with E-state index in [1.807, 2.05) is 34.9 Å². The van der Waals surface area contributed by atoms with Crippen LogP contribution in [0.15, 0.2) is 66.7 Å². The van der Waals surface area contributed by atoms with Crippen LogP contribution in [-0.2, 0) is 11.3 Å². The van der Waals surface area contributed by atoms with Crippen LogP contribution in [0.25, 0.3) is 21.8 Å². The van der Waals surface area contributed by atoms with Gasteiger partial charge in [0, 0.05) is 28.4 Å². The van der Waals surface area contributed by atoms with E-state index >= 15 is 0 Å². The van der Waals surface area contributed by atoms with Gasteiger partial charge >= 0.3 is 0 Å². The van der Waals surface area contributed by atoms with Gasteiger partial charge in [-0.25, -0.2) is 8.78 Å². The first-order chi connectivity index (χ1) is 15.3. The highest BCUT2D eigenvalue weighted by molar-refractivity contribution is 6.08. The molecule has 6 heteroatoms. The summed E-state index contributed by atoms with van der Waals surface area (Å²) in [6.07, 6.45) is 0.715. The molecule has 4 aromatic rings. The molecule has 0 spiro atoms. The van der Waals surface area contributed by atoms with Crippen molar-refractivity contribution in [1.82, 2.24) is 9.47 Å². The molecule has 32 heavy (non-hydrogen) atoms. The monoisotopic (exact) mass is 434 g/mol. The molecular formula is C26H24F2N2O2. The Labute approximate surface area is 184 Å². The quantitative estimate of drug-likeness (QED) is 0.489. The topological polar surface area (TPSA) is 45.5 Å². The lowest BCUT2D eigenvalue weighted by Crippen LogP contribution is -2.44. The van der Waals surface area contributed by atoms with Gasteiger partial charge in [-0.3, -0.25) is 4.79 Å². The number of β-amino-alcohol motifs (C(OH)–C–C–N with tert-alkyl or cyclic N) is 1.